The fraction of sp³-hybridized carbons (Fsp3) is 0.273. The van der Waals surface area contributed by atoms with E-state index in [1.165, 1.54) is 21.8 Å². The summed E-state index contributed by atoms with van der Waals surface area (Å²) in [5, 5.41) is 9.32. The van der Waals surface area contributed by atoms with Gasteiger partial charge in [-0.05, 0) is 59.9 Å². The zero-order valence-corrected chi connectivity index (χ0v) is 17.5. The van der Waals surface area contributed by atoms with Gasteiger partial charge < -0.3 is 15.4 Å². The van der Waals surface area contributed by atoms with E-state index in [0.29, 0.717) is 16.5 Å². The Hall–Kier alpha value is -2.64. The molecule has 0 spiro atoms. The normalized spacial score (nSPS) is 20.2. The number of thiophene rings is 2. The Kier molecular flexibility index (Phi) is 4.64. The highest BCUT2D eigenvalue weighted by molar-refractivity contribution is 7.16. The summed E-state index contributed by atoms with van der Waals surface area (Å²) in [5.41, 5.74) is 2.87. The third-order valence-electron chi connectivity index (χ3n) is 5.41. The highest BCUT2D eigenvalue weighted by Gasteiger charge is 2.33. The second-order valence-corrected chi connectivity index (χ2v) is 9.60. The molecule has 7 heteroatoms. The van der Waals surface area contributed by atoms with E-state index in [0.717, 1.165) is 35.4 Å². The van der Waals surface area contributed by atoms with Crippen LogP contribution in [0.1, 0.15) is 55.5 Å². The lowest BCUT2D eigenvalue weighted by Crippen LogP contribution is -2.38. The molecule has 29 heavy (non-hydrogen) atoms. The Bertz CT molecular complexity index is 1090. The van der Waals surface area contributed by atoms with Crippen molar-refractivity contribution < 1.29 is 14.3 Å². The molecule has 148 valence electrons. The lowest BCUT2D eigenvalue weighted by molar-refractivity contribution is 0.0739. The summed E-state index contributed by atoms with van der Waals surface area (Å²) >= 11 is 3.05. The predicted molar refractivity (Wildman–Crippen MR) is 115 cm³/mol. The molecule has 0 bridgehead atoms. The van der Waals surface area contributed by atoms with E-state index in [4.69, 9.17) is 4.74 Å². The Morgan fingerprint density at radius 3 is 2.93 bits per heavy atom. The van der Waals surface area contributed by atoms with E-state index in [1.54, 1.807) is 29.5 Å². The van der Waals surface area contributed by atoms with Crippen molar-refractivity contribution in [1.29, 1.82) is 0 Å². The van der Waals surface area contributed by atoms with Crippen LogP contribution < -0.4 is 15.4 Å². The minimum atomic E-state index is -0.375. The molecule has 0 saturated carbocycles. The second-order valence-electron chi connectivity index (χ2n) is 7.55. The number of esters is 1. The fourth-order valence-corrected chi connectivity index (χ4v) is 5.97. The molecule has 1 aliphatic heterocycles. The van der Waals surface area contributed by atoms with Crippen molar-refractivity contribution in [3.8, 4) is 5.75 Å². The van der Waals surface area contributed by atoms with E-state index < -0.39 is 0 Å². The third-order valence-corrected chi connectivity index (χ3v) is 7.45. The van der Waals surface area contributed by atoms with Gasteiger partial charge in [0, 0.05) is 4.88 Å². The number of rotatable bonds is 3. The summed E-state index contributed by atoms with van der Waals surface area (Å²) in [6, 6.07) is 10.8. The molecule has 2 aromatic heterocycles. The summed E-state index contributed by atoms with van der Waals surface area (Å²) in [6.45, 7) is 2.26. The van der Waals surface area contributed by atoms with Crippen LogP contribution in [0.3, 0.4) is 0 Å². The summed E-state index contributed by atoms with van der Waals surface area (Å²) in [6.07, 6.45) is 2.79. The number of hydrogen-bond acceptors (Lipinski definition) is 6. The van der Waals surface area contributed by atoms with Crippen molar-refractivity contribution in [3.05, 3.63) is 68.2 Å². The van der Waals surface area contributed by atoms with Crippen LogP contribution >= 0.6 is 22.7 Å². The number of fused-ring (bicyclic) bond motifs is 3. The average Bonchev–Trinajstić information content (AvgIpc) is 3.35. The zero-order valence-electron chi connectivity index (χ0n) is 15.9. The van der Waals surface area contributed by atoms with Crippen molar-refractivity contribution in [1.82, 2.24) is 5.32 Å². The first-order valence-electron chi connectivity index (χ1n) is 9.66. The molecule has 1 aromatic carbocycles. The van der Waals surface area contributed by atoms with Crippen molar-refractivity contribution in [3.63, 3.8) is 0 Å². The summed E-state index contributed by atoms with van der Waals surface area (Å²) in [4.78, 5) is 27.0. The largest absolute Gasteiger partial charge is 0.422 e. The summed E-state index contributed by atoms with van der Waals surface area (Å²) in [5.74, 6) is 0.718. The molecule has 1 aliphatic carbocycles. The average molecular weight is 425 g/mol. The summed E-state index contributed by atoms with van der Waals surface area (Å²) < 4.78 is 5.50. The highest BCUT2D eigenvalue weighted by Crippen LogP contribution is 2.42. The van der Waals surface area contributed by atoms with Crippen LogP contribution in [0.25, 0.3) is 0 Å². The molecule has 0 saturated heterocycles. The summed E-state index contributed by atoms with van der Waals surface area (Å²) in [7, 11) is 0. The first-order chi connectivity index (χ1) is 14.1. The van der Waals surface area contributed by atoms with Gasteiger partial charge in [0.2, 0.25) is 0 Å². The molecular weight excluding hydrogens is 404 g/mol. The maximum absolute atomic E-state index is 12.9. The third kappa shape index (κ3) is 3.45. The van der Waals surface area contributed by atoms with Gasteiger partial charge in [-0.3, -0.25) is 4.79 Å². The first kappa shape index (κ1) is 18.4. The monoisotopic (exact) mass is 424 g/mol. The Morgan fingerprint density at radius 1 is 1.21 bits per heavy atom. The minimum absolute atomic E-state index is 0.0308. The molecule has 0 unspecified atom stereocenters. The van der Waals surface area contributed by atoms with E-state index in [2.05, 4.69) is 17.6 Å². The quantitative estimate of drug-likeness (QED) is 0.458. The van der Waals surface area contributed by atoms with Crippen LogP contribution in [0.5, 0.6) is 5.75 Å². The van der Waals surface area contributed by atoms with E-state index in [1.807, 2.05) is 23.6 Å². The highest BCUT2D eigenvalue weighted by atomic mass is 32.1. The van der Waals surface area contributed by atoms with Crippen LogP contribution in [0.15, 0.2) is 41.8 Å². The molecule has 2 N–H and O–H groups in total. The second kappa shape index (κ2) is 7.31. The number of carbonyl (C=O) groups is 2. The van der Waals surface area contributed by atoms with Gasteiger partial charge in [0.25, 0.3) is 5.91 Å². The number of amides is 1. The number of carbonyl (C=O) groups excluding carboxylic acids is 2. The standard InChI is InChI=1S/C22H20N2O3S2/c1-12-7-8-15-17(10-12)29-21-18(15)20(25)23-19(24-21)13-4-2-5-14(11-13)27-22(26)16-6-3-9-28-16/h2-6,9,11-12,19,24H,7-8,10H2,1H3,(H,23,25)/t12-,19+/m1/s1. The number of nitrogens with one attached hydrogen (secondary N) is 2. The molecule has 0 radical (unpaired) electrons. The number of hydrogen-bond donors (Lipinski definition) is 2. The lowest BCUT2D eigenvalue weighted by Gasteiger charge is -2.27. The first-order valence-corrected chi connectivity index (χ1v) is 11.4. The van der Waals surface area contributed by atoms with Crippen LogP contribution in [-0.4, -0.2) is 11.9 Å². The van der Waals surface area contributed by atoms with Crippen LogP contribution in [0, 0.1) is 5.92 Å². The maximum atomic E-state index is 12.9. The van der Waals surface area contributed by atoms with Crippen LogP contribution in [0.4, 0.5) is 5.00 Å². The minimum Gasteiger partial charge on any atom is -0.422 e. The molecule has 5 rings (SSSR count). The Balaban J connectivity index is 1.39. The van der Waals surface area contributed by atoms with Gasteiger partial charge in [0.1, 0.15) is 21.8 Å². The molecule has 0 fully saturated rings. The van der Waals surface area contributed by atoms with E-state index >= 15 is 0 Å². The molecule has 3 heterocycles. The van der Waals surface area contributed by atoms with Gasteiger partial charge in [-0.15, -0.1) is 22.7 Å². The van der Waals surface area contributed by atoms with E-state index in [-0.39, 0.29) is 18.0 Å². The lowest BCUT2D eigenvalue weighted by atomic mass is 9.88. The Morgan fingerprint density at radius 2 is 2.10 bits per heavy atom. The van der Waals surface area contributed by atoms with Crippen molar-refractivity contribution >= 4 is 39.6 Å². The van der Waals surface area contributed by atoms with E-state index in [9.17, 15) is 9.59 Å². The van der Waals surface area contributed by atoms with Crippen molar-refractivity contribution in [2.45, 2.75) is 32.4 Å². The number of anilines is 1. The predicted octanol–water partition coefficient (Wildman–Crippen LogP) is 5.01. The smallest absolute Gasteiger partial charge is 0.353 e. The maximum Gasteiger partial charge on any atom is 0.353 e. The zero-order chi connectivity index (χ0) is 20.0. The molecule has 2 aliphatic rings. The van der Waals surface area contributed by atoms with Gasteiger partial charge in [-0.1, -0.05) is 25.1 Å². The SMILES string of the molecule is C[C@@H]1CCc2c(sc3c2C(=O)N[C@H](c2cccc(OC(=O)c4cccs4)c2)N3)C1. The molecule has 1 amide bonds. The molecular formula is C22H20N2O3S2. The number of ether oxygens (including phenoxy) is 1. The topological polar surface area (TPSA) is 67.4 Å². The molecule has 3 aromatic rings. The van der Waals surface area contributed by atoms with Gasteiger partial charge >= 0.3 is 5.97 Å². The fourth-order valence-electron chi connectivity index (χ4n) is 3.94. The van der Waals surface area contributed by atoms with Gasteiger partial charge in [0.15, 0.2) is 0 Å². The molecule has 5 nitrogen and oxygen atoms in total. The molecule has 2 atom stereocenters. The van der Waals surface area contributed by atoms with Gasteiger partial charge in [-0.2, -0.15) is 0 Å². The Labute approximate surface area is 176 Å². The van der Waals surface area contributed by atoms with Crippen LogP contribution in [0.2, 0.25) is 0 Å². The number of benzene rings is 1. The van der Waals surface area contributed by atoms with Crippen LogP contribution in [-0.2, 0) is 12.8 Å². The van der Waals surface area contributed by atoms with Crippen molar-refractivity contribution in [2.75, 3.05) is 5.32 Å². The van der Waals surface area contributed by atoms with Gasteiger partial charge in [-0.25, -0.2) is 4.79 Å². The van der Waals surface area contributed by atoms with Crippen molar-refractivity contribution in [2.24, 2.45) is 5.92 Å². The van der Waals surface area contributed by atoms with Gasteiger partial charge in [0.05, 0.1) is 5.56 Å².